The predicted molar refractivity (Wildman–Crippen MR) is 83.9 cm³/mol. The zero-order valence-corrected chi connectivity index (χ0v) is 12.3. The summed E-state index contributed by atoms with van der Waals surface area (Å²) >= 11 is 6.27. The third kappa shape index (κ3) is 2.69. The first kappa shape index (κ1) is 13.8. The highest BCUT2D eigenvalue weighted by atomic mass is 35.5. The second-order valence-electron chi connectivity index (χ2n) is 4.80. The fourth-order valence-corrected chi connectivity index (χ4v) is 2.55. The largest absolute Gasteiger partial charge is 0.398 e. The van der Waals surface area contributed by atoms with E-state index in [1.807, 2.05) is 37.3 Å². The van der Waals surface area contributed by atoms with Crippen LogP contribution in [0.1, 0.15) is 24.1 Å². The molecule has 2 N–H and O–H groups in total. The van der Waals surface area contributed by atoms with Crippen molar-refractivity contribution in [2.45, 2.75) is 19.9 Å². The van der Waals surface area contributed by atoms with Gasteiger partial charge in [-0.15, -0.1) is 0 Å². The molecule has 2 nitrogen and oxygen atoms in total. The molecule has 100 valence electrons. The van der Waals surface area contributed by atoms with E-state index in [2.05, 4.69) is 31.0 Å². The molecule has 1 atom stereocenters. The van der Waals surface area contributed by atoms with Crippen LogP contribution < -0.4 is 10.6 Å². The minimum atomic E-state index is 0.189. The number of anilines is 2. The second-order valence-corrected chi connectivity index (χ2v) is 5.21. The Bertz CT molecular complexity index is 581. The van der Waals surface area contributed by atoms with E-state index in [1.165, 1.54) is 0 Å². The Morgan fingerprint density at radius 2 is 1.79 bits per heavy atom. The minimum Gasteiger partial charge on any atom is -0.398 e. The second kappa shape index (κ2) is 5.54. The van der Waals surface area contributed by atoms with E-state index in [4.69, 9.17) is 17.3 Å². The van der Waals surface area contributed by atoms with Gasteiger partial charge in [-0.05, 0) is 43.2 Å². The van der Waals surface area contributed by atoms with Crippen molar-refractivity contribution in [1.29, 1.82) is 0 Å². The lowest BCUT2D eigenvalue weighted by Gasteiger charge is -2.29. The topological polar surface area (TPSA) is 29.3 Å². The molecule has 0 heterocycles. The monoisotopic (exact) mass is 274 g/mol. The van der Waals surface area contributed by atoms with Crippen LogP contribution in [-0.2, 0) is 0 Å². The average Bonchev–Trinajstić information content (AvgIpc) is 2.41. The molecule has 2 rings (SSSR count). The zero-order valence-electron chi connectivity index (χ0n) is 11.5. The third-order valence-corrected chi connectivity index (χ3v) is 4.01. The molecule has 0 aliphatic carbocycles. The number of nitrogens with two attached hydrogens (primary N) is 1. The summed E-state index contributed by atoms with van der Waals surface area (Å²) in [5.41, 5.74) is 10.1. The summed E-state index contributed by atoms with van der Waals surface area (Å²) in [6, 6.07) is 14.1. The summed E-state index contributed by atoms with van der Waals surface area (Å²) < 4.78 is 0. The molecule has 3 heteroatoms. The summed E-state index contributed by atoms with van der Waals surface area (Å²) in [6.07, 6.45) is 0. The summed E-state index contributed by atoms with van der Waals surface area (Å²) in [4.78, 5) is 2.20. The van der Waals surface area contributed by atoms with Gasteiger partial charge in [0, 0.05) is 23.4 Å². The normalized spacial score (nSPS) is 12.2. The highest BCUT2D eigenvalue weighted by Crippen LogP contribution is 2.32. The standard InChI is InChI=1S/C16H19ClN2/c1-11-15(18)9-6-10-16(11)19(3)12(2)13-7-4-5-8-14(13)17/h4-10,12H,18H2,1-3H3. The van der Waals surface area contributed by atoms with E-state index >= 15 is 0 Å². The molecule has 2 aromatic carbocycles. The molecule has 0 aromatic heterocycles. The molecule has 0 radical (unpaired) electrons. The number of nitrogens with zero attached hydrogens (tertiary/aromatic N) is 1. The maximum Gasteiger partial charge on any atom is 0.0525 e. The predicted octanol–water partition coefficient (Wildman–Crippen LogP) is 4.43. The molecule has 1 unspecified atom stereocenters. The fourth-order valence-electron chi connectivity index (χ4n) is 2.25. The zero-order chi connectivity index (χ0) is 14.0. The highest BCUT2D eigenvalue weighted by molar-refractivity contribution is 6.31. The van der Waals surface area contributed by atoms with Crippen LogP contribution in [-0.4, -0.2) is 7.05 Å². The van der Waals surface area contributed by atoms with Crippen molar-refractivity contribution in [1.82, 2.24) is 0 Å². The van der Waals surface area contributed by atoms with Crippen LogP contribution in [0.25, 0.3) is 0 Å². The van der Waals surface area contributed by atoms with Crippen LogP contribution in [0.3, 0.4) is 0 Å². The van der Waals surface area contributed by atoms with Gasteiger partial charge in [0.25, 0.3) is 0 Å². The Labute approximate surface area is 119 Å². The van der Waals surface area contributed by atoms with Crippen molar-refractivity contribution in [2.24, 2.45) is 0 Å². The van der Waals surface area contributed by atoms with Crippen LogP contribution in [0.4, 0.5) is 11.4 Å². The maximum absolute atomic E-state index is 6.27. The first-order chi connectivity index (χ1) is 9.02. The van der Waals surface area contributed by atoms with Crippen molar-refractivity contribution in [3.05, 3.63) is 58.6 Å². The summed E-state index contributed by atoms with van der Waals surface area (Å²) in [6.45, 7) is 4.18. The summed E-state index contributed by atoms with van der Waals surface area (Å²) in [5, 5.41) is 0.795. The molecule has 0 aliphatic heterocycles. The average molecular weight is 275 g/mol. The molecule has 0 fully saturated rings. The van der Waals surface area contributed by atoms with E-state index in [1.54, 1.807) is 0 Å². The Hall–Kier alpha value is -1.67. The van der Waals surface area contributed by atoms with Gasteiger partial charge in [-0.1, -0.05) is 35.9 Å². The van der Waals surface area contributed by atoms with Crippen molar-refractivity contribution in [3.8, 4) is 0 Å². The molecule has 0 saturated carbocycles. The Kier molecular flexibility index (Phi) is 4.01. The van der Waals surface area contributed by atoms with E-state index < -0.39 is 0 Å². The van der Waals surface area contributed by atoms with Crippen molar-refractivity contribution >= 4 is 23.0 Å². The Balaban J connectivity index is 2.37. The van der Waals surface area contributed by atoms with Crippen molar-refractivity contribution < 1.29 is 0 Å². The summed E-state index contributed by atoms with van der Waals surface area (Å²) in [5.74, 6) is 0. The van der Waals surface area contributed by atoms with E-state index in [-0.39, 0.29) is 6.04 Å². The van der Waals surface area contributed by atoms with Gasteiger partial charge >= 0.3 is 0 Å². The lowest BCUT2D eigenvalue weighted by molar-refractivity contribution is 0.738. The molecular formula is C16H19ClN2. The van der Waals surface area contributed by atoms with Gasteiger partial charge in [-0.3, -0.25) is 0 Å². The van der Waals surface area contributed by atoms with E-state index in [0.29, 0.717) is 0 Å². The van der Waals surface area contributed by atoms with Gasteiger partial charge in [-0.25, -0.2) is 0 Å². The smallest absolute Gasteiger partial charge is 0.0525 e. The van der Waals surface area contributed by atoms with Gasteiger partial charge in [0.15, 0.2) is 0 Å². The van der Waals surface area contributed by atoms with E-state index in [9.17, 15) is 0 Å². The van der Waals surface area contributed by atoms with Gasteiger partial charge in [0.1, 0.15) is 0 Å². The number of nitrogen functional groups attached to an aromatic ring is 1. The SMILES string of the molecule is Cc1c(N)cccc1N(C)C(C)c1ccccc1Cl. The van der Waals surface area contributed by atoms with Gasteiger partial charge < -0.3 is 10.6 Å². The van der Waals surface area contributed by atoms with Crippen LogP contribution in [0.15, 0.2) is 42.5 Å². The van der Waals surface area contributed by atoms with Crippen LogP contribution in [0.5, 0.6) is 0 Å². The number of halogens is 1. The molecule has 19 heavy (non-hydrogen) atoms. The number of benzene rings is 2. The Morgan fingerprint density at radius 1 is 1.11 bits per heavy atom. The molecule has 0 aliphatic rings. The fraction of sp³-hybridized carbons (Fsp3) is 0.250. The lowest BCUT2D eigenvalue weighted by atomic mass is 10.0. The van der Waals surface area contributed by atoms with Crippen molar-refractivity contribution in [3.63, 3.8) is 0 Å². The highest BCUT2D eigenvalue weighted by Gasteiger charge is 2.16. The molecular weight excluding hydrogens is 256 g/mol. The number of rotatable bonds is 3. The number of hydrogen-bond acceptors (Lipinski definition) is 2. The first-order valence-corrected chi connectivity index (χ1v) is 6.72. The first-order valence-electron chi connectivity index (χ1n) is 6.34. The molecule has 2 aromatic rings. The molecule has 0 spiro atoms. The van der Waals surface area contributed by atoms with Gasteiger partial charge in [0.2, 0.25) is 0 Å². The maximum atomic E-state index is 6.27. The van der Waals surface area contributed by atoms with Crippen LogP contribution in [0.2, 0.25) is 5.02 Å². The van der Waals surface area contributed by atoms with Crippen LogP contribution >= 0.6 is 11.6 Å². The van der Waals surface area contributed by atoms with E-state index in [0.717, 1.165) is 27.5 Å². The molecule has 0 bridgehead atoms. The van der Waals surface area contributed by atoms with Crippen molar-refractivity contribution in [2.75, 3.05) is 17.7 Å². The minimum absolute atomic E-state index is 0.189. The quantitative estimate of drug-likeness (QED) is 0.839. The van der Waals surface area contributed by atoms with Gasteiger partial charge in [0.05, 0.1) is 6.04 Å². The summed E-state index contributed by atoms with van der Waals surface area (Å²) in [7, 11) is 2.07. The lowest BCUT2D eigenvalue weighted by Crippen LogP contribution is -2.23. The molecule has 0 saturated heterocycles. The molecule has 0 amide bonds. The van der Waals surface area contributed by atoms with Crippen LogP contribution in [0, 0.1) is 6.92 Å². The van der Waals surface area contributed by atoms with Gasteiger partial charge in [-0.2, -0.15) is 0 Å². The Morgan fingerprint density at radius 3 is 2.47 bits per heavy atom. The number of hydrogen-bond donors (Lipinski definition) is 1. The third-order valence-electron chi connectivity index (χ3n) is 3.66.